The highest BCUT2D eigenvalue weighted by atomic mass is 79.9. The molecule has 0 aliphatic heterocycles. The van der Waals surface area contributed by atoms with Crippen LogP contribution in [0.15, 0.2) is 40.9 Å². The largest absolute Gasteiger partial charge is 0.496 e. The van der Waals surface area contributed by atoms with Crippen molar-refractivity contribution >= 4 is 27.5 Å². The number of hydrogen-bond donors (Lipinski definition) is 1. The van der Waals surface area contributed by atoms with Gasteiger partial charge in [-0.2, -0.15) is 0 Å². The van der Waals surface area contributed by atoms with E-state index >= 15 is 0 Å². The number of halogens is 2. The number of hydrogen-bond acceptors (Lipinski definition) is 3. The van der Waals surface area contributed by atoms with Crippen LogP contribution in [0.1, 0.15) is 18.1 Å². The van der Waals surface area contributed by atoms with E-state index in [1.807, 2.05) is 43.3 Å². The maximum absolute atomic E-state index is 6.60. The Morgan fingerprint density at radius 1 is 1.10 bits per heavy atom. The molecule has 0 aromatic heterocycles. The summed E-state index contributed by atoms with van der Waals surface area (Å²) in [6.07, 6.45) is 0. The highest BCUT2D eigenvalue weighted by Crippen LogP contribution is 2.42. The van der Waals surface area contributed by atoms with E-state index in [0.717, 1.165) is 15.6 Å². The van der Waals surface area contributed by atoms with Gasteiger partial charge in [-0.1, -0.05) is 39.7 Å². The van der Waals surface area contributed by atoms with Gasteiger partial charge < -0.3 is 15.2 Å². The van der Waals surface area contributed by atoms with Gasteiger partial charge in [-0.25, -0.2) is 0 Å². The third kappa shape index (κ3) is 3.03. The van der Waals surface area contributed by atoms with Crippen LogP contribution in [0.4, 0.5) is 0 Å². The highest BCUT2D eigenvalue weighted by molar-refractivity contribution is 9.10. The van der Waals surface area contributed by atoms with E-state index in [4.69, 9.17) is 26.8 Å². The van der Waals surface area contributed by atoms with Gasteiger partial charge in [0.05, 0.1) is 25.3 Å². The SMILES string of the molecule is COc1cccc(OC)c1C(C)(N)c1ccc(Br)cc1Cl. The molecule has 2 N–H and O–H groups in total. The second-order valence-electron chi connectivity index (χ2n) is 4.86. The van der Waals surface area contributed by atoms with Crippen molar-refractivity contribution in [2.45, 2.75) is 12.5 Å². The summed E-state index contributed by atoms with van der Waals surface area (Å²) >= 11 is 9.76. The van der Waals surface area contributed by atoms with E-state index in [0.29, 0.717) is 16.5 Å². The molecule has 0 saturated carbocycles. The minimum Gasteiger partial charge on any atom is -0.496 e. The lowest BCUT2D eigenvalue weighted by Gasteiger charge is -2.30. The highest BCUT2D eigenvalue weighted by Gasteiger charge is 2.32. The first-order chi connectivity index (χ1) is 9.91. The normalized spacial score (nSPS) is 13.6. The van der Waals surface area contributed by atoms with Crippen molar-refractivity contribution in [1.82, 2.24) is 0 Å². The first kappa shape index (κ1) is 16.1. The molecule has 1 atom stereocenters. The van der Waals surface area contributed by atoms with Crippen molar-refractivity contribution in [2.24, 2.45) is 5.73 Å². The molecule has 0 amide bonds. The summed E-state index contributed by atoms with van der Waals surface area (Å²) in [5.41, 5.74) is 7.32. The summed E-state index contributed by atoms with van der Waals surface area (Å²) in [5.74, 6) is 1.33. The van der Waals surface area contributed by atoms with E-state index in [-0.39, 0.29) is 0 Å². The number of methoxy groups -OCH3 is 2. The van der Waals surface area contributed by atoms with E-state index in [1.165, 1.54) is 0 Å². The minimum absolute atomic E-state index is 0.585. The van der Waals surface area contributed by atoms with Crippen LogP contribution in [0.2, 0.25) is 5.02 Å². The Labute approximate surface area is 138 Å². The summed E-state index contributed by atoms with van der Waals surface area (Å²) in [5, 5.41) is 0.585. The Balaban J connectivity index is 2.68. The zero-order valence-corrected chi connectivity index (χ0v) is 14.5. The number of benzene rings is 2. The molecule has 1 unspecified atom stereocenters. The molecule has 0 spiro atoms. The lowest BCUT2D eigenvalue weighted by atomic mass is 9.84. The average Bonchev–Trinajstić information content (AvgIpc) is 2.45. The van der Waals surface area contributed by atoms with E-state index in [1.54, 1.807) is 14.2 Å². The molecular weight excluding hydrogens is 354 g/mol. The van der Waals surface area contributed by atoms with Crippen molar-refractivity contribution in [3.05, 3.63) is 57.0 Å². The minimum atomic E-state index is -0.851. The van der Waals surface area contributed by atoms with E-state index < -0.39 is 5.54 Å². The van der Waals surface area contributed by atoms with E-state index in [2.05, 4.69) is 15.9 Å². The topological polar surface area (TPSA) is 44.5 Å². The Morgan fingerprint density at radius 3 is 2.14 bits per heavy atom. The number of ether oxygens (including phenoxy) is 2. The third-order valence-corrected chi connectivity index (χ3v) is 4.24. The van der Waals surface area contributed by atoms with Crippen molar-refractivity contribution in [2.75, 3.05) is 14.2 Å². The lowest BCUT2D eigenvalue weighted by molar-refractivity contribution is 0.369. The van der Waals surface area contributed by atoms with E-state index in [9.17, 15) is 0 Å². The molecule has 0 aliphatic carbocycles. The maximum atomic E-state index is 6.60. The summed E-state index contributed by atoms with van der Waals surface area (Å²) in [7, 11) is 3.22. The van der Waals surface area contributed by atoms with Gasteiger partial charge in [-0.05, 0) is 36.8 Å². The molecule has 5 heteroatoms. The predicted molar refractivity (Wildman–Crippen MR) is 89.3 cm³/mol. The molecule has 112 valence electrons. The molecule has 2 aromatic rings. The molecular formula is C16H17BrClNO2. The number of nitrogens with two attached hydrogens (primary N) is 1. The van der Waals surface area contributed by atoms with Gasteiger partial charge in [0.1, 0.15) is 11.5 Å². The maximum Gasteiger partial charge on any atom is 0.127 e. The summed E-state index contributed by atoms with van der Waals surface area (Å²) in [4.78, 5) is 0. The van der Waals surface area contributed by atoms with Crippen LogP contribution in [0.3, 0.4) is 0 Å². The molecule has 2 rings (SSSR count). The molecule has 21 heavy (non-hydrogen) atoms. The standard InChI is InChI=1S/C16H17BrClNO2/c1-16(19,11-8-7-10(17)9-12(11)18)15-13(20-2)5-4-6-14(15)21-3/h4-9H,19H2,1-3H3. The van der Waals surface area contributed by atoms with Gasteiger partial charge in [-0.15, -0.1) is 0 Å². The van der Waals surface area contributed by atoms with Gasteiger partial charge in [0.2, 0.25) is 0 Å². The molecule has 0 bridgehead atoms. The fraction of sp³-hybridized carbons (Fsp3) is 0.250. The molecule has 0 radical (unpaired) electrons. The second kappa shape index (κ2) is 6.26. The first-order valence-electron chi connectivity index (χ1n) is 6.37. The zero-order chi connectivity index (χ0) is 15.6. The quantitative estimate of drug-likeness (QED) is 0.870. The smallest absolute Gasteiger partial charge is 0.127 e. The van der Waals surface area contributed by atoms with Crippen LogP contribution in [-0.2, 0) is 5.54 Å². The van der Waals surface area contributed by atoms with Crippen LogP contribution in [-0.4, -0.2) is 14.2 Å². The molecule has 2 aromatic carbocycles. The van der Waals surface area contributed by atoms with Crippen molar-refractivity contribution in [3.8, 4) is 11.5 Å². The summed E-state index contributed by atoms with van der Waals surface area (Å²) < 4.78 is 11.8. The third-order valence-electron chi connectivity index (χ3n) is 3.44. The fourth-order valence-electron chi connectivity index (χ4n) is 2.41. The van der Waals surface area contributed by atoms with Crippen LogP contribution < -0.4 is 15.2 Å². The first-order valence-corrected chi connectivity index (χ1v) is 7.54. The van der Waals surface area contributed by atoms with Gasteiger partial charge in [0, 0.05) is 9.50 Å². The Bertz CT molecular complexity index is 636. The number of rotatable bonds is 4. The van der Waals surface area contributed by atoms with Crippen molar-refractivity contribution in [1.29, 1.82) is 0 Å². The van der Waals surface area contributed by atoms with Crippen LogP contribution in [0.5, 0.6) is 11.5 Å². The van der Waals surface area contributed by atoms with Gasteiger partial charge in [0.25, 0.3) is 0 Å². The second-order valence-corrected chi connectivity index (χ2v) is 6.19. The predicted octanol–water partition coefficient (Wildman–Crippen LogP) is 4.34. The Morgan fingerprint density at radius 2 is 1.67 bits per heavy atom. The molecule has 0 aliphatic rings. The molecule has 0 fully saturated rings. The molecule has 0 heterocycles. The zero-order valence-electron chi connectivity index (χ0n) is 12.1. The van der Waals surface area contributed by atoms with Crippen molar-refractivity contribution < 1.29 is 9.47 Å². The lowest BCUT2D eigenvalue weighted by Crippen LogP contribution is -2.35. The Hall–Kier alpha value is -1.23. The Kier molecular flexibility index (Phi) is 4.81. The van der Waals surface area contributed by atoms with Crippen LogP contribution in [0.25, 0.3) is 0 Å². The average molecular weight is 371 g/mol. The van der Waals surface area contributed by atoms with Crippen molar-refractivity contribution in [3.63, 3.8) is 0 Å². The summed E-state index contributed by atoms with van der Waals surface area (Å²) in [6.45, 7) is 1.89. The van der Waals surface area contributed by atoms with Gasteiger partial charge in [-0.3, -0.25) is 0 Å². The summed E-state index contributed by atoms with van der Waals surface area (Å²) in [6, 6.07) is 11.2. The monoisotopic (exact) mass is 369 g/mol. The molecule has 0 saturated heterocycles. The van der Waals surface area contributed by atoms with Crippen LogP contribution >= 0.6 is 27.5 Å². The fourth-order valence-corrected chi connectivity index (χ4v) is 3.28. The van der Waals surface area contributed by atoms with Gasteiger partial charge in [0.15, 0.2) is 0 Å². The molecule has 3 nitrogen and oxygen atoms in total. The van der Waals surface area contributed by atoms with Crippen LogP contribution in [0, 0.1) is 0 Å². The van der Waals surface area contributed by atoms with Gasteiger partial charge >= 0.3 is 0 Å².